The van der Waals surface area contributed by atoms with Crippen molar-refractivity contribution in [1.82, 2.24) is 0 Å². The Balaban J connectivity index is 2.28. The zero-order valence-electron chi connectivity index (χ0n) is 12.4. The summed E-state index contributed by atoms with van der Waals surface area (Å²) in [5.74, 6) is 0.689. The van der Waals surface area contributed by atoms with Crippen LogP contribution in [0.1, 0.15) is 32.6 Å². The molecule has 0 saturated heterocycles. The molecule has 6 heteroatoms. The standard InChI is InChI=1S/C15H21Br2NO3/c1-3-21-15(19)7-5-4-6-8-18-13-10-14(20-2)12(17)9-11(13)16/h9-10,18H,3-8H2,1-2H3. The van der Waals surface area contributed by atoms with Gasteiger partial charge in [0.15, 0.2) is 0 Å². The lowest BCUT2D eigenvalue weighted by Gasteiger charge is -2.11. The van der Waals surface area contributed by atoms with Crippen LogP contribution in [0, 0.1) is 0 Å². The van der Waals surface area contributed by atoms with Crippen LogP contribution in [0.3, 0.4) is 0 Å². The van der Waals surface area contributed by atoms with Crippen molar-refractivity contribution in [2.24, 2.45) is 0 Å². The summed E-state index contributed by atoms with van der Waals surface area (Å²) in [4.78, 5) is 11.2. The molecule has 0 atom stereocenters. The molecule has 1 N–H and O–H groups in total. The van der Waals surface area contributed by atoms with Gasteiger partial charge in [-0.05, 0) is 57.7 Å². The second-order valence-corrected chi connectivity index (χ2v) is 6.22. The molecule has 0 amide bonds. The molecule has 0 aliphatic carbocycles. The van der Waals surface area contributed by atoms with E-state index in [0.717, 1.165) is 46.2 Å². The van der Waals surface area contributed by atoms with Gasteiger partial charge >= 0.3 is 5.97 Å². The molecule has 1 aromatic carbocycles. The van der Waals surface area contributed by atoms with Gasteiger partial charge in [-0.1, -0.05) is 6.42 Å². The van der Waals surface area contributed by atoms with Crippen molar-refractivity contribution >= 4 is 43.5 Å². The van der Waals surface area contributed by atoms with E-state index < -0.39 is 0 Å². The molecule has 21 heavy (non-hydrogen) atoms. The topological polar surface area (TPSA) is 47.6 Å². The fourth-order valence-electron chi connectivity index (χ4n) is 1.85. The summed E-state index contributed by atoms with van der Waals surface area (Å²) < 4.78 is 12.1. The first-order chi connectivity index (χ1) is 10.1. The van der Waals surface area contributed by atoms with Crippen LogP contribution in [0.25, 0.3) is 0 Å². The first kappa shape index (κ1) is 18.3. The maximum atomic E-state index is 11.2. The maximum Gasteiger partial charge on any atom is 0.305 e. The molecule has 0 heterocycles. The highest BCUT2D eigenvalue weighted by Crippen LogP contribution is 2.34. The van der Waals surface area contributed by atoms with Gasteiger partial charge in [0, 0.05) is 23.5 Å². The Morgan fingerprint density at radius 1 is 1.19 bits per heavy atom. The third-order valence-corrected chi connectivity index (χ3v) is 4.20. The Labute approximate surface area is 142 Å². The summed E-state index contributed by atoms with van der Waals surface area (Å²) in [5.41, 5.74) is 1.00. The highest BCUT2D eigenvalue weighted by molar-refractivity contribution is 9.11. The second-order valence-electron chi connectivity index (χ2n) is 4.51. The third-order valence-electron chi connectivity index (χ3n) is 2.92. The van der Waals surface area contributed by atoms with E-state index in [1.165, 1.54) is 0 Å². The summed E-state index contributed by atoms with van der Waals surface area (Å²) >= 11 is 6.96. The summed E-state index contributed by atoms with van der Waals surface area (Å²) in [6.45, 7) is 3.14. The van der Waals surface area contributed by atoms with Crippen LogP contribution in [-0.2, 0) is 9.53 Å². The van der Waals surface area contributed by atoms with E-state index in [9.17, 15) is 4.79 Å². The highest BCUT2D eigenvalue weighted by Gasteiger charge is 2.06. The van der Waals surface area contributed by atoms with Crippen LogP contribution in [0.2, 0.25) is 0 Å². The molecular weight excluding hydrogens is 402 g/mol. The highest BCUT2D eigenvalue weighted by atomic mass is 79.9. The molecule has 0 fully saturated rings. The van der Waals surface area contributed by atoms with Gasteiger partial charge in [-0.25, -0.2) is 0 Å². The number of carbonyl (C=O) groups is 1. The Kier molecular flexibility index (Phi) is 8.76. The van der Waals surface area contributed by atoms with Crippen molar-refractivity contribution in [3.05, 3.63) is 21.1 Å². The van der Waals surface area contributed by atoms with E-state index in [-0.39, 0.29) is 5.97 Å². The molecule has 118 valence electrons. The minimum Gasteiger partial charge on any atom is -0.495 e. The quantitative estimate of drug-likeness (QED) is 0.460. The smallest absolute Gasteiger partial charge is 0.305 e. The molecule has 0 radical (unpaired) electrons. The summed E-state index contributed by atoms with van der Waals surface area (Å²) in [7, 11) is 1.65. The Bertz CT molecular complexity index is 466. The van der Waals surface area contributed by atoms with E-state index in [1.807, 2.05) is 19.1 Å². The largest absolute Gasteiger partial charge is 0.495 e. The van der Waals surface area contributed by atoms with Gasteiger partial charge in [0.2, 0.25) is 0 Å². The Hall–Kier alpha value is -0.750. The third kappa shape index (κ3) is 6.70. The van der Waals surface area contributed by atoms with Crippen molar-refractivity contribution in [3.8, 4) is 5.75 Å². The van der Waals surface area contributed by atoms with Crippen molar-refractivity contribution in [1.29, 1.82) is 0 Å². The number of benzene rings is 1. The zero-order chi connectivity index (χ0) is 15.7. The number of carbonyl (C=O) groups excluding carboxylic acids is 1. The van der Waals surface area contributed by atoms with E-state index >= 15 is 0 Å². The van der Waals surface area contributed by atoms with E-state index in [2.05, 4.69) is 37.2 Å². The number of nitrogens with one attached hydrogen (secondary N) is 1. The number of rotatable bonds is 9. The molecule has 0 aliphatic heterocycles. The number of hydrogen-bond donors (Lipinski definition) is 1. The fourth-order valence-corrected chi connectivity index (χ4v) is 3.14. The molecule has 0 saturated carbocycles. The van der Waals surface area contributed by atoms with Crippen LogP contribution in [-0.4, -0.2) is 26.2 Å². The van der Waals surface area contributed by atoms with Crippen molar-refractivity contribution in [3.63, 3.8) is 0 Å². The van der Waals surface area contributed by atoms with Gasteiger partial charge in [0.05, 0.1) is 23.9 Å². The first-order valence-electron chi connectivity index (χ1n) is 7.01. The first-order valence-corrected chi connectivity index (χ1v) is 8.59. The van der Waals surface area contributed by atoms with Crippen LogP contribution >= 0.6 is 31.9 Å². The predicted molar refractivity (Wildman–Crippen MR) is 92.0 cm³/mol. The predicted octanol–water partition coefficient (Wildman–Crippen LogP) is 4.76. The molecular formula is C15H21Br2NO3. The molecule has 4 nitrogen and oxygen atoms in total. The van der Waals surface area contributed by atoms with Crippen LogP contribution in [0.5, 0.6) is 5.75 Å². The van der Waals surface area contributed by atoms with Crippen LogP contribution in [0.4, 0.5) is 5.69 Å². The number of methoxy groups -OCH3 is 1. The van der Waals surface area contributed by atoms with Crippen LogP contribution in [0.15, 0.2) is 21.1 Å². The Morgan fingerprint density at radius 2 is 1.95 bits per heavy atom. The van der Waals surface area contributed by atoms with Gasteiger partial charge in [0.1, 0.15) is 5.75 Å². The summed E-state index contributed by atoms with van der Waals surface area (Å²) in [5, 5.41) is 3.36. The van der Waals surface area contributed by atoms with E-state index in [4.69, 9.17) is 9.47 Å². The van der Waals surface area contributed by atoms with Crippen molar-refractivity contribution in [2.45, 2.75) is 32.6 Å². The second kappa shape index (κ2) is 10.1. The molecule has 0 unspecified atom stereocenters. The van der Waals surface area contributed by atoms with Crippen molar-refractivity contribution < 1.29 is 14.3 Å². The lowest BCUT2D eigenvalue weighted by Crippen LogP contribution is -2.05. The molecule has 0 spiro atoms. The molecule has 1 aromatic rings. The van der Waals surface area contributed by atoms with Gasteiger partial charge in [-0.3, -0.25) is 4.79 Å². The lowest BCUT2D eigenvalue weighted by atomic mass is 10.2. The number of anilines is 1. The zero-order valence-corrected chi connectivity index (χ0v) is 15.6. The van der Waals surface area contributed by atoms with Crippen LogP contribution < -0.4 is 10.1 Å². The molecule has 0 aromatic heterocycles. The summed E-state index contributed by atoms with van der Waals surface area (Å²) in [6.07, 6.45) is 3.37. The fraction of sp³-hybridized carbons (Fsp3) is 0.533. The average Bonchev–Trinajstić information content (AvgIpc) is 2.45. The number of hydrogen-bond acceptors (Lipinski definition) is 4. The van der Waals surface area contributed by atoms with Crippen molar-refractivity contribution in [2.75, 3.05) is 25.6 Å². The number of ether oxygens (including phenoxy) is 2. The normalized spacial score (nSPS) is 10.3. The number of unbranched alkanes of at least 4 members (excludes halogenated alkanes) is 2. The number of esters is 1. The van der Waals surface area contributed by atoms with Gasteiger partial charge in [-0.15, -0.1) is 0 Å². The molecule has 0 aliphatic rings. The average molecular weight is 423 g/mol. The van der Waals surface area contributed by atoms with Gasteiger partial charge in [-0.2, -0.15) is 0 Å². The molecule has 1 rings (SSSR count). The van der Waals surface area contributed by atoms with Gasteiger partial charge < -0.3 is 14.8 Å². The minimum atomic E-state index is -0.106. The monoisotopic (exact) mass is 421 g/mol. The number of halogens is 2. The lowest BCUT2D eigenvalue weighted by molar-refractivity contribution is -0.143. The molecule has 0 bridgehead atoms. The minimum absolute atomic E-state index is 0.106. The Morgan fingerprint density at radius 3 is 2.62 bits per heavy atom. The van der Waals surface area contributed by atoms with E-state index in [0.29, 0.717) is 13.0 Å². The summed E-state index contributed by atoms with van der Waals surface area (Å²) in [6, 6.07) is 3.91. The van der Waals surface area contributed by atoms with E-state index in [1.54, 1.807) is 7.11 Å². The SMILES string of the molecule is CCOC(=O)CCCCCNc1cc(OC)c(Br)cc1Br. The van der Waals surface area contributed by atoms with Gasteiger partial charge in [0.25, 0.3) is 0 Å². The maximum absolute atomic E-state index is 11.2.